The Morgan fingerprint density at radius 1 is 0.439 bits per heavy atom. The summed E-state index contributed by atoms with van der Waals surface area (Å²) in [6.07, 6.45) is 8.20. The number of nitrogens with one attached hydrogen (secondary N) is 2. The lowest BCUT2D eigenvalue weighted by Gasteiger charge is -2.39. The normalized spacial score (nSPS) is 24.7. The number of phenols is 1. The number of benzene rings is 8. The Kier molecular flexibility index (Phi) is 21.4. The Labute approximate surface area is 664 Å². The number of aryl methyl sites for hydroxylation is 3. The number of hydrogen-bond donors (Lipinski definition) is 3. The van der Waals surface area contributed by atoms with Crippen molar-refractivity contribution in [2.75, 3.05) is 89.5 Å². The number of fused-ring (bicyclic) bond motifs is 4. The number of anilines is 2. The Balaban J connectivity index is 0.000000165. The van der Waals surface area contributed by atoms with Crippen molar-refractivity contribution in [3.63, 3.8) is 0 Å². The van der Waals surface area contributed by atoms with Gasteiger partial charge in [-0.3, -0.25) is 58.8 Å². The zero-order valence-corrected chi connectivity index (χ0v) is 64.9. The minimum atomic E-state index is -0.682. The molecule has 2 saturated carbocycles. The molecule has 8 aromatic rings. The number of hydrogen-bond acceptors (Lipinski definition) is 17. The van der Waals surface area contributed by atoms with Crippen LogP contribution in [0.5, 0.6) is 28.7 Å². The Bertz CT molecular complexity index is 4700. The van der Waals surface area contributed by atoms with Gasteiger partial charge < -0.3 is 43.7 Å². The summed E-state index contributed by atoms with van der Waals surface area (Å²) in [4.78, 5) is 114. The fourth-order valence-corrected chi connectivity index (χ4v) is 19.5. The van der Waals surface area contributed by atoms with Crippen LogP contribution in [0, 0.1) is 18.8 Å². The zero-order chi connectivity index (χ0) is 78.4. The van der Waals surface area contributed by atoms with Gasteiger partial charge in [-0.15, -0.1) is 0 Å². The standard InChI is InChI=1S/C47H50N4O6.C46H48N4O7/c1-29-8-14-39-32(22-29)11-15-38(30-6-4-3-5-7-30)44(39)31-9-12-36(13-10-31)57-37-24-33(25-37)41(52)28-49-18-20-50(21-19-49)35-23-34-27-51(40-16-17-43(53)48-46(40)54)47(55)45(34)42(26-35)56-2;1-56-41-25-33(21-32-26-50(46(55)44(32)41)39-15-16-42(53)47-45(39)54)49-19-17-48(18-20-49)27-40(52)31-23-36(24-31)57-35-11-7-29(8-12-35)43-37(28-5-3-2-4-6-28)13-9-30-22-34(51)10-14-38(30)43/h3-10,12-14,22-23,26,33,37-38,40,44H,11,15-21,24-25,27-28H2,1-2H3,(H,48,53,54);2-8,10-12,14,21-22,25,31,36-37,39,43,51H,9,13,15-20,23-24,26-27H2,1H3,(H,47,53,54)/t33?,37?,38-,40?,44+;31?,36?,37-,39?,43+/m11/s1. The average molecular weight is 1540 g/mol. The Morgan fingerprint density at radius 3 is 1.26 bits per heavy atom. The van der Waals surface area contributed by atoms with Gasteiger partial charge in [0.2, 0.25) is 23.6 Å². The van der Waals surface area contributed by atoms with Crippen LogP contribution in [0.15, 0.2) is 170 Å². The molecule has 6 atom stereocenters. The smallest absolute Gasteiger partial charge is 0.258 e. The molecule has 0 radical (unpaired) electrons. The van der Waals surface area contributed by atoms with Crippen LogP contribution in [0.25, 0.3) is 0 Å². The molecule has 21 heteroatoms. The molecule has 0 spiro atoms. The van der Waals surface area contributed by atoms with Crippen LogP contribution in [0.2, 0.25) is 0 Å². The highest BCUT2D eigenvalue weighted by atomic mass is 16.5. The molecule has 6 heterocycles. The number of piperidine rings is 2. The number of carbonyl (C=O) groups is 8. The number of rotatable bonds is 20. The lowest BCUT2D eigenvalue weighted by atomic mass is 9.69. The number of phenolic OH excluding ortho intramolecular Hbond substituents is 1. The van der Waals surface area contributed by atoms with Gasteiger partial charge >= 0.3 is 0 Å². The molecule has 4 saturated heterocycles. The SMILES string of the molecule is COc1cc(N2CCN(CC(=O)C3CC(Oc4ccc([C@@H]5c6ccc(C)cc6CC[C@@H]5c5ccccc5)cc4)C3)CC2)cc2c1C(=O)N(C1CCC(=O)NC1=O)C2.COc1cc(N2CCN(CC(=O)C3CC(Oc4ccc([C@@H]5c6ccc(O)cc6CC[C@@H]5c5ccccc5)cc4)C3)CC2)cc2c1C(=O)N(C1CCC(=O)NC1=O)C2. The minimum absolute atomic E-state index is 0.0000824. The van der Waals surface area contributed by atoms with E-state index in [1.54, 1.807) is 30.1 Å². The molecule has 21 nitrogen and oxygen atoms in total. The molecular formula is C93H98N8O13. The highest BCUT2D eigenvalue weighted by Crippen LogP contribution is 2.50. The zero-order valence-electron chi connectivity index (χ0n) is 64.9. The number of carbonyl (C=O) groups excluding carboxylic acids is 8. The van der Waals surface area contributed by atoms with Gasteiger partial charge in [-0.05, 0) is 187 Å². The Hall–Kier alpha value is -11.2. The predicted octanol–water partition coefficient (Wildman–Crippen LogP) is 11.7. The number of ether oxygens (including phenoxy) is 4. The highest BCUT2D eigenvalue weighted by molar-refractivity contribution is 6.08. The van der Waals surface area contributed by atoms with Crippen LogP contribution in [0.4, 0.5) is 11.4 Å². The number of amides is 6. The molecule has 2 unspecified atom stereocenters. The summed E-state index contributed by atoms with van der Waals surface area (Å²) in [5.74, 6) is 2.76. The van der Waals surface area contributed by atoms with E-state index in [-0.39, 0.29) is 90.5 Å². The van der Waals surface area contributed by atoms with Crippen LogP contribution >= 0.6 is 0 Å². The number of Topliss-reactive ketones (excluding diaryl/α,β-unsaturated/α-hetero) is 2. The van der Waals surface area contributed by atoms with E-state index in [9.17, 15) is 43.5 Å². The predicted molar refractivity (Wildman–Crippen MR) is 431 cm³/mol. The van der Waals surface area contributed by atoms with Gasteiger partial charge in [-0.2, -0.15) is 0 Å². The lowest BCUT2D eigenvalue weighted by molar-refractivity contribution is -0.138. The molecule has 0 bridgehead atoms. The van der Waals surface area contributed by atoms with E-state index in [4.69, 9.17) is 18.9 Å². The maximum Gasteiger partial charge on any atom is 0.258 e. The second kappa shape index (κ2) is 32.4. The molecule has 4 aliphatic carbocycles. The first-order valence-corrected chi connectivity index (χ1v) is 40.7. The van der Waals surface area contributed by atoms with Gasteiger partial charge in [0.1, 0.15) is 64.6 Å². The monoisotopic (exact) mass is 1530 g/mol. The number of methoxy groups -OCH3 is 2. The molecule has 6 aliphatic heterocycles. The minimum Gasteiger partial charge on any atom is -0.508 e. The molecule has 10 aliphatic rings. The number of piperazine rings is 2. The molecular weight excluding hydrogens is 1440 g/mol. The van der Waals surface area contributed by atoms with Crippen molar-refractivity contribution in [1.82, 2.24) is 30.2 Å². The molecule has 3 N–H and O–H groups in total. The van der Waals surface area contributed by atoms with Crippen molar-refractivity contribution >= 4 is 58.4 Å². The van der Waals surface area contributed by atoms with Crippen molar-refractivity contribution in [2.45, 2.75) is 145 Å². The van der Waals surface area contributed by atoms with Crippen LogP contribution in [-0.4, -0.2) is 176 Å². The largest absolute Gasteiger partial charge is 0.508 e. The van der Waals surface area contributed by atoms with Gasteiger partial charge in [0.25, 0.3) is 11.8 Å². The molecule has 114 heavy (non-hydrogen) atoms. The van der Waals surface area contributed by atoms with Gasteiger partial charge in [-0.1, -0.05) is 115 Å². The van der Waals surface area contributed by atoms with Gasteiger partial charge in [-0.25, -0.2) is 0 Å². The molecule has 8 aromatic carbocycles. The topological polar surface area (TPSA) is 237 Å². The van der Waals surface area contributed by atoms with Gasteiger partial charge in [0.15, 0.2) is 0 Å². The summed E-state index contributed by atoms with van der Waals surface area (Å²) >= 11 is 0. The fraction of sp³-hybridized carbons (Fsp3) is 0.398. The maximum atomic E-state index is 13.4. The number of aromatic hydroxyl groups is 1. The summed E-state index contributed by atoms with van der Waals surface area (Å²) in [6.45, 7) is 9.54. The van der Waals surface area contributed by atoms with E-state index in [0.29, 0.717) is 72.7 Å². The van der Waals surface area contributed by atoms with Crippen molar-refractivity contribution in [3.05, 3.63) is 242 Å². The number of nitrogens with zero attached hydrogens (tertiary/aromatic N) is 6. The van der Waals surface area contributed by atoms with E-state index < -0.39 is 23.9 Å². The molecule has 0 aromatic heterocycles. The van der Waals surface area contributed by atoms with Crippen molar-refractivity contribution in [1.29, 1.82) is 0 Å². The van der Waals surface area contributed by atoms with E-state index in [1.165, 1.54) is 50.1 Å². The van der Waals surface area contributed by atoms with Crippen LogP contribution in [0.1, 0.15) is 170 Å². The molecule has 588 valence electrons. The lowest BCUT2D eigenvalue weighted by Crippen LogP contribution is -2.52. The van der Waals surface area contributed by atoms with Crippen molar-refractivity contribution in [2.24, 2.45) is 11.8 Å². The van der Waals surface area contributed by atoms with E-state index in [2.05, 4.69) is 171 Å². The van der Waals surface area contributed by atoms with Crippen LogP contribution in [-0.2, 0) is 54.7 Å². The third-order valence-corrected chi connectivity index (χ3v) is 25.8. The van der Waals surface area contributed by atoms with E-state index in [1.807, 2.05) is 30.3 Å². The summed E-state index contributed by atoms with van der Waals surface area (Å²) in [6, 6.07) is 57.9. The summed E-state index contributed by atoms with van der Waals surface area (Å²) < 4.78 is 24.1. The fourth-order valence-electron chi connectivity index (χ4n) is 19.5. The first-order valence-electron chi connectivity index (χ1n) is 40.7. The number of imide groups is 2. The van der Waals surface area contributed by atoms with Gasteiger partial charge in [0, 0.05) is 125 Å². The quantitative estimate of drug-likeness (QED) is 0.0601. The van der Waals surface area contributed by atoms with Crippen molar-refractivity contribution < 1.29 is 62.4 Å². The average Bonchev–Trinajstić information content (AvgIpc) is 1.72. The molecule has 6 amide bonds. The van der Waals surface area contributed by atoms with Crippen LogP contribution in [0.3, 0.4) is 0 Å². The molecule has 18 rings (SSSR count). The van der Waals surface area contributed by atoms with Gasteiger partial charge in [0.05, 0.1) is 38.4 Å². The summed E-state index contributed by atoms with van der Waals surface area (Å²) in [7, 11) is 3.10. The number of ketones is 2. The summed E-state index contributed by atoms with van der Waals surface area (Å²) in [5.41, 5.74) is 16.4. The van der Waals surface area contributed by atoms with Crippen LogP contribution < -0.4 is 39.4 Å². The van der Waals surface area contributed by atoms with E-state index in [0.717, 1.165) is 138 Å². The second-order valence-corrected chi connectivity index (χ2v) is 32.7. The molecule has 6 fully saturated rings. The van der Waals surface area contributed by atoms with E-state index >= 15 is 0 Å². The Morgan fingerprint density at radius 2 is 0.851 bits per heavy atom. The first-order chi connectivity index (χ1) is 55.4. The second-order valence-electron chi connectivity index (χ2n) is 32.7. The first kappa shape index (κ1) is 75.5. The maximum absolute atomic E-state index is 13.4. The summed E-state index contributed by atoms with van der Waals surface area (Å²) in [5, 5.41) is 14.9. The van der Waals surface area contributed by atoms with Crippen molar-refractivity contribution in [3.8, 4) is 28.7 Å². The highest BCUT2D eigenvalue weighted by Gasteiger charge is 2.45. The third-order valence-electron chi connectivity index (χ3n) is 25.8. The third kappa shape index (κ3) is 15.5.